The SMILES string of the molecule is O=C(c1ccc(CNC(Cc2ncc[nH]2)Cc2ncc[nH]2)cc1)N1CCC2(CCN(C3CCCCC3)CC2)C1. The standard InChI is InChI=1S/C31H43N7O/c39-30(38-19-12-31(23-38)10-17-37(18-11-31)27-4-2-1-3-5-27)25-8-6-24(7-9-25)22-36-26(20-28-32-13-14-33-28)21-29-34-15-16-35-29/h6-9,13-16,26-27,36H,1-5,10-12,17-23H2,(H,32,33)(H,34,35). The largest absolute Gasteiger partial charge is 0.349 e. The Labute approximate surface area is 232 Å². The van der Waals surface area contributed by atoms with Gasteiger partial charge in [-0.25, -0.2) is 9.97 Å². The second-order valence-electron chi connectivity index (χ2n) is 12.1. The molecule has 2 aliphatic heterocycles. The lowest BCUT2D eigenvalue weighted by Gasteiger charge is -2.43. The quantitative estimate of drug-likeness (QED) is 0.384. The van der Waals surface area contributed by atoms with E-state index in [1.165, 1.54) is 63.6 Å². The van der Waals surface area contributed by atoms with Gasteiger partial charge in [-0.3, -0.25) is 4.79 Å². The van der Waals surface area contributed by atoms with E-state index in [9.17, 15) is 4.79 Å². The van der Waals surface area contributed by atoms with Crippen LogP contribution in [0, 0.1) is 5.41 Å². The second kappa shape index (κ2) is 12.0. The zero-order valence-corrected chi connectivity index (χ0v) is 23.1. The molecule has 0 bridgehead atoms. The number of H-pyrrole nitrogens is 2. The number of amides is 1. The van der Waals surface area contributed by atoms with Crippen molar-refractivity contribution in [3.05, 3.63) is 71.8 Å². The van der Waals surface area contributed by atoms with Crippen LogP contribution in [0.3, 0.4) is 0 Å². The highest BCUT2D eigenvalue weighted by molar-refractivity contribution is 5.94. The summed E-state index contributed by atoms with van der Waals surface area (Å²) in [7, 11) is 0. The smallest absolute Gasteiger partial charge is 0.253 e. The van der Waals surface area contributed by atoms with E-state index < -0.39 is 0 Å². The van der Waals surface area contributed by atoms with Gasteiger partial charge in [0, 0.05) is 74.9 Å². The molecule has 6 rings (SSSR count). The maximum atomic E-state index is 13.4. The van der Waals surface area contributed by atoms with Crippen LogP contribution in [0.4, 0.5) is 0 Å². The molecule has 4 heterocycles. The summed E-state index contributed by atoms with van der Waals surface area (Å²) in [5.74, 6) is 2.11. The first kappa shape index (κ1) is 26.3. The maximum Gasteiger partial charge on any atom is 0.253 e. The number of carbonyl (C=O) groups is 1. The van der Waals surface area contributed by atoms with Crippen LogP contribution in [0.15, 0.2) is 49.1 Å². The molecule has 1 aliphatic carbocycles. The molecule has 1 aromatic carbocycles. The van der Waals surface area contributed by atoms with E-state index in [4.69, 9.17) is 0 Å². The Bertz CT molecular complexity index is 1120. The molecule has 1 amide bonds. The van der Waals surface area contributed by atoms with Crippen molar-refractivity contribution >= 4 is 5.91 Å². The number of benzene rings is 1. The van der Waals surface area contributed by atoms with Crippen molar-refractivity contribution in [3.8, 4) is 0 Å². The van der Waals surface area contributed by atoms with Gasteiger partial charge in [0.15, 0.2) is 0 Å². The Morgan fingerprint density at radius 1 is 0.923 bits per heavy atom. The van der Waals surface area contributed by atoms with Gasteiger partial charge in [0.05, 0.1) is 0 Å². The summed E-state index contributed by atoms with van der Waals surface area (Å²) >= 11 is 0. The number of rotatable bonds is 9. The van der Waals surface area contributed by atoms with E-state index in [1.807, 2.05) is 24.5 Å². The number of aromatic nitrogens is 4. The molecule has 3 aliphatic rings. The number of carbonyl (C=O) groups excluding carboxylic acids is 1. The summed E-state index contributed by atoms with van der Waals surface area (Å²) in [5.41, 5.74) is 2.31. The van der Waals surface area contributed by atoms with E-state index in [1.54, 1.807) is 12.4 Å². The van der Waals surface area contributed by atoms with Crippen LogP contribution in [0.25, 0.3) is 0 Å². The van der Waals surface area contributed by atoms with Crippen molar-refractivity contribution in [2.45, 2.75) is 82.8 Å². The van der Waals surface area contributed by atoms with Crippen LogP contribution >= 0.6 is 0 Å². The lowest BCUT2D eigenvalue weighted by atomic mass is 9.77. The van der Waals surface area contributed by atoms with E-state index >= 15 is 0 Å². The molecule has 1 saturated carbocycles. The van der Waals surface area contributed by atoms with Crippen molar-refractivity contribution in [2.75, 3.05) is 26.2 Å². The highest BCUT2D eigenvalue weighted by Crippen LogP contribution is 2.42. The fraction of sp³-hybridized carbons (Fsp3) is 0.581. The number of likely N-dealkylation sites (tertiary alicyclic amines) is 2. The van der Waals surface area contributed by atoms with Gasteiger partial charge in [0.25, 0.3) is 5.91 Å². The van der Waals surface area contributed by atoms with Gasteiger partial charge in [0.2, 0.25) is 0 Å². The maximum absolute atomic E-state index is 13.4. The molecule has 3 fully saturated rings. The second-order valence-corrected chi connectivity index (χ2v) is 12.1. The van der Waals surface area contributed by atoms with Crippen LogP contribution in [0.2, 0.25) is 0 Å². The molecule has 8 heteroatoms. The van der Waals surface area contributed by atoms with E-state index in [0.29, 0.717) is 5.41 Å². The Hall–Kier alpha value is -2.97. The summed E-state index contributed by atoms with van der Waals surface area (Å²) in [6, 6.07) is 9.19. The third-order valence-corrected chi connectivity index (χ3v) is 9.46. The lowest BCUT2D eigenvalue weighted by Crippen LogP contribution is -2.47. The van der Waals surface area contributed by atoms with Crippen molar-refractivity contribution in [1.82, 2.24) is 35.1 Å². The third kappa shape index (κ3) is 6.44. The van der Waals surface area contributed by atoms with Gasteiger partial charge in [-0.1, -0.05) is 31.4 Å². The molecule has 0 unspecified atom stereocenters. The monoisotopic (exact) mass is 529 g/mol. The van der Waals surface area contributed by atoms with Gasteiger partial charge < -0.3 is 25.1 Å². The summed E-state index contributed by atoms with van der Waals surface area (Å²) in [4.78, 5) is 33.5. The number of nitrogens with one attached hydrogen (secondary N) is 3. The van der Waals surface area contributed by atoms with Gasteiger partial charge in [-0.2, -0.15) is 0 Å². The van der Waals surface area contributed by atoms with Gasteiger partial charge in [0.1, 0.15) is 11.6 Å². The Kier molecular flexibility index (Phi) is 8.11. The van der Waals surface area contributed by atoms with Crippen molar-refractivity contribution in [1.29, 1.82) is 0 Å². The summed E-state index contributed by atoms with van der Waals surface area (Å²) < 4.78 is 0. The number of nitrogens with zero attached hydrogens (tertiary/aromatic N) is 4. The van der Waals surface area contributed by atoms with E-state index in [-0.39, 0.29) is 11.9 Å². The topological polar surface area (TPSA) is 92.9 Å². The number of hydrogen-bond donors (Lipinski definition) is 3. The average Bonchev–Trinajstić information content (AvgIpc) is 3.77. The predicted molar refractivity (Wildman–Crippen MR) is 152 cm³/mol. The molecule has 2 saturated heterocycles. The number of imidazole rings is 2. The molecule has 3 aromatic rings. The minimum Gasteiger partial charge on any atom is -0.349 e. The van der Waals surface area contributed by atoms with Crippen LogP contribution in [-0.2, 0) is 19.4 Å². The average molecular weight is 530 g/mol. The molecule has 208 valence electrons. The van der Waals surface area contributed by atoms with Crippen LogP contribution in [-0.4, -0.2) is 73.9 Å². The molecule has 8 nitrogen and oxygen atoms in total. The van der Waals surface area contributed by atoms with Crippen molar-refractivity contribution in [2.24, 2.45) is 5.41 Å². The first-order valence-electron chi connectivity index (χ1n) is 15.0. The molecule has 39 heavy (non-hydrogen) atoms. The van der Waals surface area contributed by atoms with Crippen molar-refractivity contribution in [3.63, 3.8) is 0 Å². The summed E-state index contributed by atoms with van der Waals surface area (Å²) in [6.07, 6.45) is 19.5. The van der Waals surface area contributed by atoms with Crippen LogP contribution < -0.4 is 5.32 Å². The molecular weight excluding hydrogens is 486 g/mol. The normalized spacial score (nSPS) is 20.3. The molecule has 0 radical (unpaired) electrons. The Balaban J connectivity index is 1.01. The Morgan fingerprint density at radius 2 is 1.56 bits per heavy atom. The number of piperidine rings is 1. The lowest BCUT2D eigenvalue weighted by molar-refractivity contribution is 0.0565. The summed E-state index contributed by atoms with van der Waals surface area (Å²) in [5, 5.41) is 3.66. The molecule has 2 aromatic heterocycles. The highest BCUT2D eigenvalue weighted by atomic mass is 16.2. The zero-order chi connectivity index (χ0) is 26.5. The molecule has 1 spiro atoms. The first-order valence-corrected chi connectivity index (χ1v) is 15.0. The van der Waals surface area contributed by atoms with Gasteiger partial charge >= 0.3 is 0 Å². The minimum atomic E-state index is 0.189. The van der Waals surface area contributed by atoms with Crippen molar-refractivity contribution < 1.29 is 4.79 Å². The fourth-order valence-corrected chi connectivity index (χ4v) is 7.04. The van der Waals surface area contributed by atoms with Gasteiger partial charge in [-0.05, 0) is 68.3 Å². The van der Waals surface area contributed by atoms with Gasteiger partial charge in [-0.15, -0.1) is 0 Å². The zero-order valence-electron chi connectivity index (χ0n) is 23.1. The van der Waals surface area contributed by atoms with Crippen LogP contribution in [0.5, 0.6) is 0 Å². The molecule has 3 N–H and O–H groups in total. The summed E-state index contributed by atoms with van der Waals surface area (Å²) in [6.45, 7) is 4.98. The number of aromatic amines is 2. The molecular formula is C31H43N7O. The third-order valence-electron chi connectivity index (χ3n) is 9.46. The Morgan fingerprint density at radius 3 is 2.18 bits per heavy atom. The van der Waals surface area contributed by atoms with E-state index in [0.717, 1.165) is 62.2 Å². The molecule has 0 atom stereocenters. The van der Waals surface area contributed by atoms with E-state index in [2.05, 4.69) is 47.2 Å². The number of hydrogen-bond acceptors (Lipinski definition) is 5. The minimum absolute atomic E-state index is 0.189. The predicted octanol–water partition coefficient (Wildman–Crippen LogP) is 4.34. The highest BCUT2D eigenvalue weighted by Gasteiger charge is 2.43. The van der Waals surface area contributed by atoms with Crippen LogP contribution in [0.1, 0.15) is 78.9 Å². The fourth-order valence-electron chi connectivity index (χ4n) is 7.04. The first-order chi connectivity index (χ1) is 19.2.